The summed E-state index contributed by atoms with van der Waals surface area (Å²) in [5.74, 6) is 1.03. The van der Waals surface area contributed by atoms with Crippen LogP contribution < -0.4 is 5.32 Å². The zero-order valence-corrected chi connectivity index (χ0v) is 12.7. The van der Waals surface area contributed by atoms with Crippen molar-refractivity contribution in [2.75, 3.05) is 13.1 Å². The van der Waals surface area contributed by atoms with Crippen molar-refractivity contribution in [1.82, 2.24) is 10.2 Å². The zero-order chi connectivity index (χ0) is 13.1. The molecule has 2 nitrogen and oxygen atoms in total. The van der Waals surface area contributed by atoms with Crippen molar-refractivity contribution >= 4 is 0 Å². The molecule has 1 saturated heterocycles. The Morgan fingerprint density at radius 2 is 1.84 bits per heavy atom. The van der Waals surface area contributed by atoms with Gasteiger partial charge in [-0.2, -0.15) is 0 Å². The Balaban J connectivity index is 1.60. The highest BCUT2D eigenvalue weighted by Gasteiger charge is 2.36. The van der Waals surface area contributed by atoms with Gasteiger partial charge in [0.05, 0.1) is 0 Å². The van der Waals surface area contributed by atoms with E-state index < -0.39 is 0 Å². The highest BCUT2D eigenvalue weighted by atomic mass is 15.2. The van der Waals surface area contributed by atoms with E-state index in [1.807, 2.05) is 0 Å². The van der Waals surface area contributed by atoms with Gasteiger partial charge in [0.1, 0.15) is 0 Å². The summed E-state index contributed by atoms with van der Waals surface area (Å²) in [5.41, 5.74) is 0. The van der Waals surface area contributed by atoms with Gasteiger partial charge >= 0.3 is 0 Å². The maximum atomic E-state index is 3.79. The second-order valence-corrected chi connectivity index (χ2v) is 7.12. The lowest BCUT2D eigenvalue weighted by molar-refractivity contribution is 0.0224. The van der Waals surface area contributed by atoms with Crippen LogP contribution in [-0.4, -0.2) is 36.1 Å². The van der Waals surface area contributed by atoms with Crippen molar-refractivity contribution in [2.24, 2.45) is 5.92 Å². The van der Waals surface area contributed by atoms with Crippen molar-refractivity contribution in [3.05, 3.63) is 0 Å². The van der Waals surface area contributed by atoms with Crippen LogP contribution in [0.4, 0.5) is 0 Å². The molecule has 0 amide bonds. The minimum atomic E-state index is 0.816. The van der Waals surface area contributed by atoms with Crippen LogP contribution in [0.3, 0.4) is 0 Å². The molecular weight excluding hydrogens is 232 g/mol. The number of nitrogens with one attached hydrogen (secondary N) is 1. The van der Waals surface area contributed by atoms with E-state index in [4.69, 9.17) is 0 Å². The van der Waals surface area contributed by atoms with E-state index in [0.717, 1.165) is 24.0 Å². The summed E-state index contributed by atoms with van der Waals surface area (Å²) in [4.78, 5) is 2.92. The number of rotatable bonds is 6. The molecule has 19 heavy (non-hydrogen) atoms. The first kappa shape index (κ1) is 13.9. The second kappa shape index (κ2) is 6.58. The molecule has 0 radical (unpaired) electrons. The van der Waals surface area contributed by atoms with Gasteiger partial charge in [0.2, 0.25) is 0 Å². The van der Waals surface area contributed by atoms with Gasteiger partial charge in [0, 0.05) is 24.7 Å². The summed E-state index contributed by atoms with van der Waals surface area (Å²) in [7, 11) is 0. The van der Waals surface area contributed by atoms with Crippen molar-refractivity contribution in [1.29, 1.82) is 0 Å². The van der Waals surface area contributed by atoms with Gasteiger partial charge in [-0.3, -0.25) is 4.90 Å². The third kappa shape index (κ3) is 3.52. The van der Waals surface area contributed by atoms with Crippen LogP contribution in [0.2, 0.25) is 0 Å². The summed E-state index contributed by atoms with van der Waals surface area (Å²) in [6.07, 6.45) is 14.5. The number of likely N-dealkylation sites (tertiary alicyclic amines) is 1. The standard InChI is InChI=1S/C17H32N2/c1-2-6-16(13-18-15-10-11-15)19-12-5-8-14-7-3-4-9-17(14)19/h14-18H,2-13H2,1H3/t14-,16?,17-/m1/s1. The van der Waals surface area contributed by atoms with Gasteiger partial charge in [-0.25, -0.2) is 0 Å². The number of hydrogen-bond acceptors (Lipinski definition) is 2. The lowest BCUT2D eigenvalue weighted by Crippen LogP contribution is -2.54. The first-order chi connectivity index (χ1) is 9.38. The molecule has 0 aromatic heterocycles. The molecule has 0 aromatic carbocycles. The number of hydrogen-bond donors (Lipinski definition) is 1. The van der Waals surface area contributed by atoms with Crippen molar-refractivity contribution in [3.8, 4) is 0 Å². The van der Waals surface area contributed by atoms with Gasteiger partial charge in [-0.1, -0.05) is 26.2 Å². The Morgan fingerprint density at radius 3 is 2.63 bits per heavy atom. The van der Waals surface area contributed by atoms with E-state index in [1.54, 1.807) is 0 Å². The summed E-state index contributed by atoms with van der Waals surface area (Å²) >= 11 is 0. The van der Waals surface area contributed by atoms with Gasteiger partial charge in [0.15, 0.2) is 0 Å². The molecule has 2 heteroatoms. The Bertz CT molecular complexity index is 272. The molecule has 2 saturated carbocycles. The summed E-state index contributed by atoms with van der Waals surface area (Å²) in [6.45, 7) is 4.98. The van der Waals surface area contributed by atoms with Crippen LogP contribution in [0.5, 0.6) is 0 Å². The Hall–Kier alpha value is -0.0800. The fourth-order valence-corrected chi connectivity index (χ4v) is 4.43. The van der Waals surface area contributed by atoms with Crippen LogP contribution in [0.25, 0.3) is 0 Å². The molecule has 3 aliphatic rings. The molecule has 2 aliphatic carbocycles. The normalized spacial score (nSPS) is 33.9. The monoisotopic (exact) mass is 264 g/mol. The maximum absolute atomic E-state index is 3.79. The van der Waals surface area contributed by atoms with Crippen molar-refractivity contribution < 1.29 is 0 Å². The highest BCUT2D eigenvalue weighted by Crippen LogP contribution is 2.36. The first-order valence-corrected chi connectivity index (χ1v) is 8.87. The molecule has 0 aromatic rings. The van der Waals surface area contributed by atoms with Crippen LogP contribution in [-0.2, 0) is 0 Å². The quantitative estimate of drug-likeness (QED) is 0.789. The van der Waals surface area contributed by atoms with Crippen molar-refractivity contribution in [2.45, 2.75) is 89.3 Å². The number of nitrogens with zero attached hydrogens (tertiary/aromatic N) is 1. The summed E-state index contributed by atoms with van der Waals surface area (Å²) in [6, 6.07) is 2.61. The average Bonchev–Trinajstić information content (AvgIpc) is 3.27. The zero-order valence-electron chi connectivity index (χ0n) is 12.7. The SMILES string of the molecule is CCCC(CNC1CC1)N1CCC[C@H]2CCCC[C@H]21. The predicted molar refractivity (Wildman–Crippen MR) is 81.4 cm³/mol. The molecule has 0 spiro atoms. The maximum Gasteiger partial charge on any atom is 0.0223 e. The van der Waals surface area contributed by atoms with Gasteiger partial charge in [-0.05, 0) is 57.4 Å². The molecule has 3 fully saturated rings. The Labute approximate surface area is 119 Å². The van der Waals surface area contributed by atoms with Crippen LogP contribution in [0.15, 0.2) is 0 Å². The first-order valence-electron chi connectivity index (χ1n) is 8.87. The third-order valence-corrected chi connectivity index (χ3v) is 5.60. The van der Waals surface area contributed by atoms with E-state index in [-0.39, 0.29) is 0 Å². The minimum absolute atomic E-state index is 0.816. The molecular formula is C17H32N2. The second-order valence-electron chi connectivity index (χ2n) is 7.12. The average molecular weight is 264 g/mol. The lowest BCUT2D eigenvalue weighted by Gasteiger charge is -2.48. The third-order valence-electron chi connectivity index (χ3n) is 5.60. The number of fused-ring (bicyclic) bond motifs is 1. The number of piperidine rings is 1. The van der Waals surface area contributed by atoms with E-state index in [9.17, 15) is 0 Å². The smallest absolute Gasteiger partial charge is 0.0223 e. The predicted octanol–water partition coefficient (Wildman–Crippen LogP) is 3.56. The van der Waals surface area contributed by atoms with Crippen molar-refractivity contribution in [3.63, 3.8) is 0 Å². The molecule has 1 unspecified atom stereocenters. The molecule has 0 bridgehead atoms. The Kier molecular flexibility index (Phi) is 4.81. The summed E-state index contributed by atoms with van der Waals surface area (Å²) in [5, 5.41) is 3.79. The fraction of sp³-hybridized carbons (Fsp3) is 1.00. The van der Waals surface area contributed by atoms with Gasteiger partial charge in [0.25, 0.3) is 0 Å². The highest BCUT2D eigenvalue weighted by molar-refractivity contribution is 4.92. The molecule has 3 rings (SSSR count). The van der Waals surface area contributed by atoms with E-state index in [1.165, 1.54) is 77.3 Å². The van der Waals surface area contributed by atoms with Gasteiger partial charge in [-0.15, -0.1) is 0 Å². The van der Waals surface area contributed by atoms with Crippen LogP contribution >= 0.6 is 0 Å². The van der Waals surface area contributed by atoms with Crippen LogP contribution in [0.1, 0.15) is 71.1 Å². The largest absolute Gasteiger partial charge is 0.312 e. The topological polar surface area (TPSA) is 15.3 Å². The van der Waals surface area contributed by atoms with E-state index in [2.05, 4.69) is 17.1 Å². The van der Waals surface area contributed by atoms with E-state index in [0.29, 0.717) is 0 Å². The summed E-state index contributed by atoms with van der Waals surface area (Å²) < 4.78 is 0. The fourth-order valence-electron chi connectivity index (χ4n) is 4.43. The minimum Gasteiger partial charge on any atom is -0.312 e. The Morgan fingerprint density at radius 1 is 1.05 bits per heavy atom. The molecule has 1 aliphatic heterocycles. The molecule has 3 atom stereocenters. The van der Waals surface area contributed by atoms with E-state index >= 15 is 0 Å². The van der Waals surface area contributed by atoms with Gasteiger partial charge < -0.3 is 5.32 Å². The lowest BCUT2D eigenvalue weighted by atomic mass is 9.77. The molecule has 1 heterocycles. The molecule has 1 N–H and O–H groups in total. The molecule has 110 valence electrons. The van der Waals surface area contributed by atoms with Crippen LogP contribution in [0, 0.1) is 5.92 Å².